The van der Waals surface area contributed by atoms with Crippen LogP contribution in [-0.4, -0.2) is 39.9 Å². The third kappa shape index (κ3) is 25.5. The molecule has 1 unspecified atom stereocenters. The first-order chi connectivity index (χ1) is 27.1. The molecule has 0 aromatic carbocycles. The van der Waals surface area contributed by atoms with Gasteiger partial charge >= 0.3 is 0 Å². The van der Waals surface area contributed by atoms with Crippen molar-refractivity contribution in [3.05, 3.63) is 48.3 Å². The quantitative estimate of drug-likeness (QED) is 0.0425. The Bertz CT molecular complexity index is 1100. The molecule has 55 heavy (non-hydrogen) atoms. The van der Waals surface area contributed by atoms with E-state index < -0.39 is 0 Å². The van der Waals surface area contributed by atoms with Crippen molar-refractivity contribution in [2.75, 3.05) is 6.54 Å². The average molecular weight is 764 g/mol. The van der Waals surface area contributed by atoms with Gasteiger partial charge in [-0.05, 0) is 96.1 Å². The fourth-order valence-electron chi connectivity index (χ4n) is 8.30. The lowest BCUT2D eigenvalue weighted by Crippen LogP contribution is -2.52. The Kier molecular flexibility index (Phi) is 31.0. The zero-order chi connectivity index (χ0) is 39.4. The van der Waals surface area contributed by atoms with Crippen molar-refractivity contribution in [2.24, 2.45) is 0 Å². The second-order valence-corrected chi connectivity index (χ2v) is 17.0. The van der Waals surface area contributed by atoms with Crippen LogP contribution in [0.15, 0.2) is 42.6 Å². The van der Waals surface area contributed by atoms with Crippen LogP contribution in [0.3, 0.4) is 0 Å². The molecule has 5 heteroatoms. The van der Waals surface area contributed by atoms with Crippen LogP contribution >= 0.6 is 0 Å². The summed E-state index contributed by atoms with van der Waals surface area (Å²) >= 11 is 0. The number of nitrogens with zero attached hydrogens (tertiary/aromatic N) is 2. The molecule has 1 atom stereocenters. The molecular formula is C50H89N3O2. The van der Waals surface area contributed by atoms with Crippen LogP contribution in [0.1, 0.15) is 231 Å². The molecule has 1 N–H and O–H groups in total. The van der Waals surface area contributed by atoms with E-state index in [4.69, 9.17) is 0 Å². The summed E-state index contributed by atoms with van der Waals surface area (Å²) < 4.78 is 2.27. The minimum absolute atomic E-state index is 0.105. The summed E-state index contributed by atoms with van der Waals surface area (Å²) in [6.45, 7) is 8.20. The maximum absolute atomic E-state index is 14.2. The molecule has 1 heterocycles. The second-order valence-electron chi connectivity index (χ2n) is 17.0. The Morgan fingerprint density at radius 1 is 0.673 bits per heavy atom. The van der Waals surface area contributed by atoms with Crippen LogP contribution < -0.4 is 5.32 Å². The molecule has 0 bridgehead atoms. The van der Waals surface area contributed by atoms with E-state index in [-0.39, 0.29) is 23.9 Å². The second kappa shape index (κ2) is 34.9. The molecule has 1 aromatic heterocycles. The maximum atomic E-state index is 14.2. The summed E-state index contributed by atoms with van der Waals surface area (Å²) in [7, 11) is 0. The molecule has 5 nitrogen and oxygen atoms in total. The van der Waals surface area contributed by atoms with Gasteiger partial charge in [-0.25, -0.2) is 0 Å². The number of amides is 2. The van der Waals surface area contributed by atoms with Gasteiger partial charge in [0.15, 0.2) is 0 Å². The highest BCUT2D eigenvalue weighted by Gasteiger charge is 2.30. The van der Waals surface area contributed by atoms with Crippen molar-refractivity contribution >= 4 is 11.8 Å². The van der Waals surface area contributed by atoms with E-state index in [1.807, 2.05) is 4.90 Å². The van der Waals surface area contributed by atoms with E-state index in [2.05, 4.69) is 73.3 Å². The summed E-state index contributed by atoms with van der Waals surface area (Å²) in [6.07, 6.45) is 50.8. The van der Waals surface area contributed by atoms with Gasteiger partial charge in [-0.1, -0.05) is 167 Å². The van der Waals surface area contributed by atoms with Gasteiger partial charge in [0, 0.05) is 37.4 Å². The lowest BCUT2D eigenvalue weighted by molar-refractivity contribution is -0.141. The number of hydrogen-bond acceptors (Lipinski definition) is 2. The molecule has 316 valence electrons. The average Bonchev–Trinajstić information content (AvgIpc) is 3.42. The number of nitrogens with one attached hydrogen (secondary N) is 1. The first-order valence-electron chi connectivity index (χ1n) is 24.1. The highest BCUT2D eigenvalue weighted by atomic mass is 16.2. The van der Waals surface area contributed by atoms with Crippen molar-refractivity contribution in [2.45, 2.75) is 251 Å². The summed E-state index contributed by atoms with van der Waals surface area (Å²) in [5.41, 5.74) is 1.25. The van der Waals surface area contributed by atoms with Gasteiger partial charge in [0.25, 0.3) is 0 Å². The molecule has 1 aliphatic rings. The lowest BCUT2D eigenvalue weighted by Gasteiger charge is -2.33. The standard InChI is InChI=1S/C50H89N3O2/c1-4-6-8-10-12-14-16-18-19-21-23-25-27-29-35-42-49(54)53(45-37-44-52-43-36-38-46(52)3)48(50(55)51-47-39-32-30-31-33-40-47)41-34-28-26-24-22-20-17-15-13-11-9-7-5-2/h11,13,18-19,36,38,43,47-48H,4-10,12,14-17,20-35,37,39-42,44-45H2,1-3H3,(H,51,55)/b13-11-,19-18-. The largest absolute Gasteiger partial charge is 0.352 e. The first-order valence-corrected chi connectivity index (χ1v) is 24.1. The molecule has 1 aromatic rings. The Morgan fingerprint density at radius 3 is 1.73 bits per heavy atom. The SMILES string of the molecule is CCCC/C=C\CCCCCCCCCC(C(=O)NC1CCCCCC1)N(CCCn1cccc1C)C(=O)CCCCCCC/C=C\CCCCCCCC. The molecule has 1 saturated carbocycles. The van der Waals surface area contributed by atoms with Crippen molar-refractivity contribution in [1.82, 2.24) is 14.8 Å². The van der Waals surface area contributed by atoms with E-state index in [0.717, 1.165) is 57.9 Å². The fourth-order valence-corrected chi connectivity index (χ4v) is 8.30. The monoisotopic (exact) mass is 764 g/mol. The van der Waals surface area contributed by atoms with Gasteiger partial charge < -0.3 is 14.8 Å². The summed E-state index contributed by atoms with van der Waals surface area (Å²) in [5, 5.41) is 3.48. The summed E-state index contributed by atoms with van der Waals surface area (Å²) in [6, 6.07) is 4.14. The molecule has 1 fully saturated rings. The van der Waals surface area contributed by atoms with Crippen molar-refractivity contribution in [3.63, 3.8) is 0 Å². The van der Waals surface area contributed by atoms with Crippen LogP contribution in [0, 0.1) is 6.92 Å². The Labute approximate surface area is 341 Å². The van der Waals surface area contributed by atoms with Crippen LogP contribution in [0.2, 0.25) is 0 Å². The van der Waals surface area contributed by atoms with Crippen molar-refractivity contribution < 1.29 is 9.59 Å². The third-order valence-corrected chi connectivity index (χ3v) is 11.9. The Balaban J connectivity index is 1.88. The van der Waals surface area contributed by atoms with Crippen LogP contribution in [0.4, 0.5) is 0 Å². The van der Waals surface area contributed by atoms with Gasteiger partial charge in [0.1, 0.15) is 6.04 Å². The topological polar surface area (TPSA) is 54.3 Å². The number of carbonyl (C=O) groups is 2. The normalized spacial score (nSPS) is 14.5. The van der Waals surface area contributed by atoms with Gasteiger partial charge in [-0.2, -0.15) is 0 Å². The molecule has 0 aliphatic heterocycles. The van der Waals surface area contributed by atoms with E-state index in [0.29, 0.717) is 13.0 Å². The molecule has 1 aliphatic carbocycles. The minimum Gasteiger partial charge on any atom is -0.352 e. The number of hydrogen-bond donors (Lipinski definition) is 1. The molecule has 2 amide bonds. The Hall–Kier alpha value is -2.30. The molecule has 2 rings (SSSR count). The van der Waals surface area contributed by atoms with Gasteiger partial charge in [-0.15, -0.1) is 0 Å². The maximum Gasteiger partial charge on any atom is 0.243 e. The Morgan fingerprint density at radius 2 is 1.18 bits per heavy atom. The number of rotatable bonds is 35. The van der Waals surface area contributed by atoms with E-state index >= 15 is 0 Å². The van der Waals surface area contributed by atoms with Crippen LogP contribution in [0.25, 0.3) is 0 Å². The number of aryl methyl sites for hydroxylation is 2. The van der Waals surface area contributed by atoms with Crippen molar-refractivity contribution in [1.29, 1.82) is 0 Å². The summed E-state index contributed by atoms with van der Waals surface area (Å²) in [5.74, 6) is 0.292. The predicted molar refractivity (Wildman–Crippen MR) is 239 cm³/mol. The fraction of sp³-hybridized carbons (Fsp3) is 0.800. The van der Waals surface area contributed by atoms with Crippen LogP contribution in [0.5, 0.6) is 0 Å². The molecular weight excluding hydrogens is 675 g/mol. The first kappa shape index (κ1) is 48.8. The smallest absolute Gasteiger partial charge is 0.243 e. The molecule has 0 spiro atoms. The van der Waals surface area contributed by atoms with Crippen molar-refractivity contribution in [3.8, 4) is 0 Å². The lowest BCUT2D eigenvalue weighted by atomic mass is 10.0. The molecule has 0 saturated heterocycles. The van der Waals surface area contributed by atoms with Gasteiger partial charge in [0.2, 0.25) is 11.8 Å². The minimum atomic E-state index is -0.357. The third-order valence-electron chi connectivity index (χ3n) is 11.9. The number of carbonyl (C=O) groups excluding carboxylic acids is 2. The predicted octanol–water partition coefficient (Wildman–Crippen LogP) is 14.5. The summed E-state index contributed by atoms with van der Waals surface area (Å²) in [4.78, 5) is 30.3. The van der Waals surface area contributed by atoms with Gasteiger partial charge in [-0.3, -0.25) is 9.59 Å². The zero-order valence-corrected chi connectivity index (χ0v) is 36.7. The number of aromatic nitrogens is 1. The van der Waals surface area contributed by atoms with E-state index in [1.165, 1.54) is 160 Å². The molecule has 0 radical (unpaired) electrons. The highest BCUT2D eigenvalue weighted by Crippen LogP contribution is 2.21. The number of unbranched alkanes of at least 4 members (excludes halogenated alkanes) is 20. The highest BCUT2D eigenvalue weighted by molar-refractivity contribution is 5.87. The van der Waals surface area contributed by atoms with Crippen LogP contribution in [-0.2, 0) is 16.1 Å². The van der Waals surface area contributed by atoms with E-state index in [9.17, 15) is 9.59 Å². The van der Waals surface area contributed by atoms with E-state index in [1.54, 1.807) is 0 Å². The number of allylic oxidation sites excluding steroid dienone is 4. The zero-order valence-electron chi connectivity index (χ0n) is 36.7. The van der Waals surface area contributed by atoms with Gasteiger partial charge in [0.05, 0.1) is 0 Å².